The molecule has 0 atom stereocenters. The number of aryl methyl sites for hydroxylation is 2. The summed E-state index contributed by atoms with van der Waals surface area (Å²) in [5.74, 6) is 1.71. The number of guanidine groups is 1. The summed E-state index contributed by atoms with van der Waals surface area (Å²) in [5.41, 5.74) is 5.56. The second-order valence-corrected chi connectivity index (χ2v) is 6.64. The molecule has 2 aromatic heterocycles. The van der Waals surface area contributed by atoms with Gasteiger partial charge in [-0.1, -0.05) is 30.3 Å². The van der Waals surface area contributed by atoms with Gasteiger partial charge >= 0.3 is 0 Å². The first-order valence-electron chi connectivity index (χ1n) is 8.99. The summed E-state index contributed by atoms with van der Waals surface area (Å²) in [6, 6.07) is 10.2. The van der Waals surface area contributed by atoms with Crippen LogP contribution in [0.15, 0.2) is 41.5 Å². The summed E-state index contributed by atoms with van der Waals surface area (Å²) in [6.07, 6.45) is 1.87. The van der Waals surface area contributed by atoms with Gasteiger partial charge < -0.3 is 15.2 Å². The first-order chi connectivity index (χ1) is 13.0. The second-order valence-electron chi connectivity index (χ2n) is 6.64. The van der Waals surface area contributed by atoms with E-state index in [0.717, 1.165) is 34.4 Å². The molecule has 28 heavy (non-hydrogen) atoms. The average Bonchev–Trinajstić information content (AvgIpc) is 3.22. The maximum atomic E-state index is 4.51. The number of aromatic amines is 1. The molecule has 1 aromatic carbocycles. The van der Waals surface area contributed by atoms with Crippen molar-refractivity contribution < 1.29 is 0 Å². The zero-order valence-corrected chi connectivity index (χ0v) is 19.4. The lowest BCUT2D eigenvalue weighted by atomic mass is 10.2. The molecular formula is C20H28IN7. The maximum absolute atomic E-state index is 4.51. The van der Waals surface area contributed by atoms with E-state index in [0.29, 0.717) is 13.1 Å². The summed E-state index contributed by atoms with van der Waals surface area (Å²) in [4.78, 5) is 14.3. The van der Waals surface area contributed by atoms with Crippen molar-refractivity contribution in [1.82, 2.24) is 30.0 Å². The smallest absolute Gasteiger partial charge is 0.194 e. The summed E-state index contributed by atoms with van der Waals surface area (Å²) >= 11 is 0. The summed E-state index contributed by atoms with van der Waals surface area (Å²) in [6.45, 7) is 5.44. The molecule has 8 heteroatoms. The highest BCUT2D eigenvalue weighted by molar-refractivity contribution is 14.0. The van der Waals surface area contributed by atoms with Gasteiger partial charge in [0.2, 0.25) is 0 Å². The number of aliphatic imine (C=N–C) groups is 1. The Labute approximate surface area is 183 Å². The molecule has 2 heterocycles. The molecule has 0 fully saturated rings. The van der Waals surface area contributed by atoms with Crippen molar-refractivity contribution in [1.29, 1.82) is 0 Å². The van der Waals surface area contributed by atoms with Crippen LogP contribution in [0, 0.1) is 13.8 Å². The fourth-order valence-electron chi connectivity index (χ4n) is 3.13. The quantitative estimate of drug-likeness (QED) is 0.325. The van der Waals surface area contributed by atoms with E-state index in [4.69, 9.17) is 0 Å². The number of hydrogen-bond donors (Lipinski definition) is 2. The molecule has 150 valence electrons. The SMILES string of the molecule is CN=C(NCc1c(C)nn(C)c1C)N(C)Cc1ncc(-c2ccccc2)[nH]1.I. The summed E-state index contributed by atoms with van der Waals surface area (Å²) in [5, 5.41) is 7.89. The van der Waals surface area contributed by atoms with Crippen LogP contribution in [0.25, 0.3) is 11.3 Å². The third-order valence-corrected chi connectivity index (χ3v) is 4.76. The topological polar surface area (TPSA) is 74.1 Å². The predicted octanol–water partition coefficient (Wildman–Crippen LogP) is 3.25. The minimum atomic E-state index is 0. The van der Waals surface area contributed by atoms with E-state index in [1.807, 2.05) is 50.1 Å². The van der Waals surface area contributed by atoms with E-state index in [9.17, 15) is 0 Å². The molecule has 0 amide bonds. The Morgan fingerprint density at radius 3 is 2.57 bits per heavy atom. The van der Waals surface area contributed by atoms with Gasteiger partial charge in [-0.25, -0.2) is 4.98 Å². The molecule has 7 nitrogen and oxygen atoms in total. The van der Waals surface area contributed by atoms with E-state index < -0.39 is 0 Å². The van der Waals surface area contributed by atoms with Crippen LogP contribution in [0.1, 0.15) is 22.8 Å². The van der Waals surface area contributed by atoms with Crippen molar-refractivity contribution in [3.63, 3.8) is 0 Å². The molecular weight excluding hydrogens is 465 g/mol. The van der Waals surface area contributed by atoms with Gasteiger partial charge in [0.15, 0.2) is 5.96 Å². The van der Waals surface area contributed by atoms with Crippen LogP contribution >= 0.6 is 24.0 Å². The fraction of sp³-hybridized carbons (Fsp3) is 0.350. The van der Waals surface area contributed by atoms with Crippen LogP contribution in [-0.4, -0.2) is 44.7 Å². The highest BCUT2D eigenvalue weighted by Gasteiger charge is 2.13. The van der Waals surface area contributed by atoms with Crippen molar-refractivity contribution in [2.45, 2.75) is 26.9 Å². The van der Waals surface area contributed by atoms with E-state index in [1.54, 1.807) is 7.05 Å². The molecule has 0 radical (unpaired) electrons. The number of benzene rings is 1. The molecule has 2 N–H and O–H groups in total. The number of hydrogen-bond acceptors (Lipinski definition) is 3. The van der Waals surface area contributed by atoms with Gasteiger partial charge in [-0.15, -0.1) is 24.0 Å². The van der Waals surface area contributed by atoms with E-state index >= 15 is 0 Å². The van der Waals surface area contributed by atoms with Gasteiger partial charge in [0, 0.05) is 38.9 Å². The van der Waals surface area contributed by atoms with Gasteiger partial charge in [0.25, 0.3) is 0 Å². The molecule has 0 aliphatic carbocycles. The number of imidazole rings is 1. The van der Waals surface area contributed by atoms with Gasteiger partial charge in [-0.3, -0.25) is 9.67 Å². The zero-order chi connectivity index (χ0) is 19.4. The van der Waals surface area contributed by atoms with Crippen molar-refractivity contribution in [3.05, 3.63) is 59.3 Å². The predicted molar refractivity (Wildman–Crippen MR) is 124 cm³/mol. The lowest BCUT2D eigenvalue weighted by Crippen LogP contribution is -2.38. The van der Waals surface area contributed by atoms with E-state index in [1.165, 1.54) is 5.56 Å². The Hall–Kier alpha value is -2.36. The van der Waals surface area contributed by atoms with Crippen molar-refractivity contribution >= 4 is 29.9 Å². The lowest BCUT2D eigenvalue weighted by molar-refractivity contribution is 0.463. The lowest BCUT2D eigenvalue weighted by Gasteiger charge is -2.21. The molecule has 0 saturated heterocycles. The van der Waals surface area contributed by atoms with Gasteiger partial charge in [0.1, 0.15) is 5.82 Å². The number of rotatable bonds is 5. The van der Waals surface area contributed by atoms with Crippen LogP contribution in [0.5, 0.6) is 0 Å². The Morgan fingerprint density at radius 1 is 1.25 bits per heavy atom. The van der Waals surface area contributed by atoms with E-state index in [2.05, 4.69) is 49.3 Å². The first-order valence-corrected chi connectivity index (χ1v) is 8.99. The molecule has 0 spiro atoms. The minimum Gasteiger partial charge on any atom is -0.352 e. The highest BCUT2D eigenvalue weighted by Crippen LogP contribution is 2.16. The van der Waals surface area contributed by atoms with Crippen molar-refractivity contribution in [2.75, 3.05) is 14.1 Å². The maximum Gasteiger partial charge on any atom is 0.194 e. The Balaban J connectivity index is 0.00000280. The first kappa shape index (κ1) is 21.9. The largest absolute Gasteiger partial charge is 0.352 e. The van der Waals surface area contributed by atoms with Gasteiger partial charge in [-0.2, -0.15) is 5.10 Å². The third kappa shape index (κ3) is 4.92. The molecule has 0 unspecified atom stereocenters. The average molecular weight is 493 g/mol. The van der Waals surface area contributed by atoms with Gasteiger partial charge in [0.05, 0.1) is 24.1 Å². The number of halogens is 1. The van der Waals surface area contributed by atoms with Crippen LogP contribution in [0.4, 0.5) is 0 Å². The Bertz CT molecular complexity index is 927. The fourth-order valence-corrected chi connectivity index (χ4v) is 3.13. The molecule has 3 rings (SSSR count). The number of nitrogens with one attached hydrogen (secondary N) is 2. The third-order valence-electron chi connectivity index (χ3n) is 4.76. The van der Waals surface area contributed by atoms with Crippen molar-refractivity contribution in [2.24, 2.45) is 12.0 Å². The molecule has 0 bridgehead atoms. The Kier molecular flexibility index (Phi) is 7.61. The van der Waals surface area contributed by atoms with E-state index in [-0.39, 0.29) is 24.0 Å². The standard InChI is InChI=1S/C20H27N7.HI/c1-14-17(15(2)27(5)25-14)11-23-20(21-3)26(4)13-19-22-12-18(24-19)16-9-7-6-8-10-16;/h6-10,12H,11,13H2,1-5H3,(H,21,23)(H,22,24);1H. The van der Waals surface area contributed by atoms with Crippen LogP contribution in [-0.2, 0) is 20.1 Å². The Morgan fingerprint density at radius 2 is 1.96 bits per heavy atom. The van der Waals surface area contributed by atoms with Crippen molar-refractivity contribution in [3.8, 4) is 11.3 Å². The number of H-pyrrole nitrogens is 1. The summed E-state index contributed by atoms with van der Waals surface area (Å²) < 4.78 is 1.91. The number of nitrogens with zero attached hydrogens (tertiary/aromatic N) is 5. The summed E-state index contributed by atoms with van der Waals surface area (Å²) in [7, 11) is 5.76. The monoisotopic (exact) mass is 493 g/mol. The van der Waals surface area contributed by atoms with Crippen LogP contribution < -0.4 is 5.32 Å². The highest BCUT2D eigenvalue weighted by atomic mass is 127. The molecule has 3 aromatic rings. The molecule has 0 saturated carbocycles. The molecule has 0 aliphatic heterocycles. The van der Waals surface area contributed by atoms with Crippen LogP contribution in [0.3, 0.4) is 0 Å². The number of aromatic nitrogens is 4. The zero-order valence-electron chi connectivity index (χ0n) is 17.0. The minimum absolute atomic E-state index is 0. The second kappa shape index (κ2) is 9.72. The van der Waals surface area contributed by atoms with Crippen LogP contribution in [0.2, 0.25) is 0 Å². The van der Waals surface area contributed by atoms with Gasteiger partial charge in [-0.05, 0) is 19.4 Å². The molecule has 0 aliphatic rings. The normalized spacial score (nSPS) is 11.2.